The molecule has 0 spiro atoms. The van der Waals surface area contributed by atoms with Gasteiger partial charge in [-0.25, -0.2) is 0 Å². The minimum atomic E-state index is -0.423. The molecule has 1 nitrogen and oxygen atoms in total. The zero-order chi connectivity index (χ0) is 15.1. The summed E-state index contributed by atoms with van der Waals surface area (Å²) in [5.74, 6) is 6.37. The highest BCUT2D eigenvalue weighted by atomic mass is 16.3. The van der Waals surface area contributed by atoms with Gasteiger partial charge in [0, 0.05) is 11.1 Å². The van der Waals surface area contributed by atoms with E-state index in [9.17, 15) is 5.11 Å². The summed E-state index contributed by atoms with van der Waals surface area (Å²) in [7, 11) is 0. The van der Waals surface area contributed by atoms with E-state index >= 15 is 0 Å². The smallest absolute Gasteiger partial charge is 0.0802 e. The van der Waals surface area contributed by atoms with Crippen LogP contribution < -0.4 is 0 Å². The highest BCUT2D eigenvalue weighted by molar-refractivity contribution is 5.47. The Morgan fingerprint density at radius 2 is 1.71 bits per heavy atom. The van der Waals surface area contributed by atoms with Gasteiger partial charge in [-0.3, -0.25) is 0 Å². The van der Waals surface area contributed by atoms with Gasteiger partial charge < -0.3 is 5.11 Å². The van der Waals surface area contributed by atoms with Crippen LogP contribution in [0, 0.1) is 18.8 Å². The third-order valence-corrected chi connectivity index (χ3v) is 3.54. The van der Waals surface area contributed by atoms with Crippen LogP contribution in [0.15, 0.2) is 48.5 Å². The molecule has 1 heteroatoms. The van der Waals surface area contributed by atoms with Crippen LogP contribution in [-0.4, -0.2) is 5.11 Å². The summed E-state index contributed by atoms with van der Waals surface area (Å²) in [5, 5.41) is 10.3. The maximum absolute atomic E-state index is 10.3. The topological polar surface area (TPSA) is 20.2 Å². The molecule has 0 aromatic heterocycles. The Labute approximate surface area is 127 Å². The predicted octanol–water partition coefficient (Wildman–Crippen LogP) is 4.62. The van der Waals surface area contributed by atoms with Crippen molar-refractivity contribution in [3.05, 3.63) is 70.8 Å². The van der Waals surface area contributed by atoms with E-state index in [1.54, 1.807) is 0 Å². The van der Waals surface area contributed by atoms with E-state index in [0.29, 0.717) is 0 Å². The Hall–Kier alpha value is -2.04. The van der Waals surface area contributed by atoms with Crippen molar-refractivity contribution in [3.8, 4) is 11.8 Å². The SMILES string of the molecule is CCCCC(O)c1ccccc1C#Cc1ccc(C)cc1. The van der Waals surface area contributed by atoms with Crippen LogP contribution in [0.3, 0.4) is 0 Å². The third kappa shape index (κ3) is 4.48. The van der Waals surface area contributed by atoms with E-state index in [0.717, 1.165) is 36.0 Å². The minimum Gasteiger partial charge on any atom is -0.388 e. The fraction of sp³-hybridized carbons (Fsp3) is 0.300. The second-order valence-electron chi connectivity index (χ2n) is 5.36. The summed E-state index contributed by atoms with van der Waals surface area (Å²) in [5.41, 5.74) is 4.08. The fourth-order valence-corrected chi connectivity index (χ4v) is 2.23. The molecule has 0 fully saturated rings. The van der Waals surface area contributed by atoms with Crippen LogP contribution in [0.2, 0.25) is 0 Å². The summed E-state index contributed by atoms with van der Waals surface area (Å²) in [6, 6.07) is 16.1. The largest absolute Gasteiger partial charge is 0.388 e. The van der Waals surface area contributed by atoms with E-state index < -0.39 is 6.10 Å². The molecule has 1 atom stereocenters. The lowest BCUT2D eigenvalue weighted by molar-refractivity contribution is 0.164. The van der Waals surface area contributed by atoms with Gasteiger partial charge in [0.1, 0.15) is 0 Å². The Kier molecular flexibility index (Phi) is 5.60. The van der Waals surface area contributed by atoms with Crippen LogP contribution in [0.25, 0.3) is 0 Å². The number of aliphatic hydroxyl groups excluding tert-OH is 1. The summed E-state index contributed by atoms with van der Waals surface area (Å²) < 4.78 is 0. The average molecular weight is 278 g/mol. The molecule has 0 aliphatic rings. The quantitative estimate of drug-likeness (QED) is 0.809. The van der Waals surface area contributed by atoms with Crippen molar-refractivity contribution >= 4 is 0 Å². The molecular weight excluding hydrogens is 256 g/mol. The van der Waals surface area contributed by atoms with Gasteiger partial charge in [0.2, 0.25) is 0 Å². The monoisotopic (exact) mass is 278 g/mol. The second kappa shape index (κ2) is 7.67. The van der Waals surface area contributed by atoms with E-state index in [1.165, 1.54) is 5.56 Å². The zero-order valence-electron chi connectivity index (χ0n) is 12.8. The molecule has 21 heavy (non-hydrogen) atoms. The van der Waals surface area contributed by atoms with Gasteiger partial charge in [-0.1, -0.05) is 67.5 Å². The van der Waals surface area contributed by atoms with Crippen LogP contribution in [0.4, 0.5) is 0 Å². The van der Waals surface area contributed by atoms with Gasteiger partial charge in [-0.2, -0.15) is 0 Å². The molecule has 0 aliphatic carbocycles. The lowest BCUT2D eigenvalue weighted by Gasteiger charge is -2.12. The number of hydrogen-bond acceptors (Lipinski definition) is 1. The van der Waals surface area contributed by atoms with Crippen molar-refractivity contribution in [2.45, 2.75) is 39.2 Å². The third-order valence-electron chi connectivity index (χ3n) is 3.54. The standard InChI is InChI=1S/C20H22O/c1-3-4-9-20(21)19-8-6-5-7-18(19)15-14-17-12-10-16(2)11-13-17/h5-8,10-13,20-21H,3-4,9H2,1-2H3. The van der Waals surface area contributed by atoms with E-state index in [1.807, 2.05) is 36.4 Å². The number of rotatable bonds is 4. The molecule has 0 heterocycles. The summed E-state index contributed by atoms with van der Waals surface area (Å²) in [6.07, 6.45) is 2.49. The van der Waals surface area contributed by atoms with Crippen molar-refractivity contribution < 1.29 is 5.11 Å². The molecule has 0 saturated carbocycles. The lowest BCUT2D eigenvalue weighted by Crippen LogP contribution is -2.00. The highest BCUT2D eigenvalue weighted by Crippen LogP contribution is 2.22. The van der Waals surface area contributed by atoms with Crippen LogP contribution in [-0.2, 0) is 0 Å². The first-order valence-electron chi connectivity index (χ1n) is 7.56. The van der Waals surface area contributed by atoms with Crippen molar-refractivity contribution in [1.29, 1.82) is 0 Å². The number of hydrogen-bond donors (Lipinski definition) is 1. The first-order chi connectivity index (χ1) is 10.2. The summed E-state index contributed by atoms with van der Waals surface area (Å²) in [6.45, 7) is 4.20. The Balaban J connectivity index is 2.22. The van der Waals surface area contributed by atoms with Gasteiger partial charge in [0.25, 0.3) is 0 Å². The maximum atomic E-state index is 10.3. The Morgan fingerprint density at radius 1 is 1.00 bits per heavy atom. The predicted molar refractivity (Wildman–Crippen MR) is 88.1 cm³/mol. The maximum Gasteiger partial charge on any atom is 0.0802 e. The minimum absolute atomic E-state index is 0.423. The number of benzene rings is 2. The van der Waals surface area contributed by atoms with Crippen molar-refractivity contribution in [1.82, 2.24) is 0 Å². The highest BCUT2D eigenvalue weighted by Gasteiger charge is 2.09. The Morgan fingerprint density at radius 3 is 2.43 bits per heavy atom. The molecule has 1 unspecified atom stereocenters. The van der Waals surface area contributed by atoms with Gasteiger partial charge in [0.05, 0.1) is 6.10 Å². The van der Waals surface area contributed by atoms with Crippen LogP contribution in [0.5, 0.6) is 0 Å². The van der Waals surface area contributed by atoms with Gasteiger partial charge in [-0.05, 0) is 37.1 Å². The van der Waals surface area contributed by atoms with Gasteiger partial charge in [-0.15, -0.1) is 0 Å². The molecule has 2 aromatic rings. The first kappa shape index (κ1) is 15.4. The molecular formula is C20H22O. The van der Waals surface area contributed by atoms with Crippen LogP contribution in [0.1, 0.15) is 54.5 Å². The van der Waals surface area contributed by atoms with Crippen molar-refractivity contribution in [2.75, 3.05) is 0 Å². The first-order valence-corrected chi connectivity index (χ1v) is 7.56. The summed E-state index contributed by atoms with van der Waals surface area (Å²) >= 11 is 0. The molecule has 2 rings (SSSR count). The molecule has 2 aromatic carbocycles. The van der Waals surface area contributed by atoms with Crippen molar-refractivity contribution in [3.63, 3.8) is 0 Å². The van der Waals surface area contributed by atoms with E-state index in [4.69, 9.17) is 0 Å². The molecule has 108 valence electrons. The van der Waals surface area contributed by atoms with Gasteiger partial charge >= 0.3 is 0 Å². The Bertz CT molecular complexity index is 629. The molecule has 0 radical (unpaired) electrons. The second-order valence-corrected chi connectivity index (χ2v) is 5.36. The number of unbranched alkanes of at least 4 members (excludes halogenated alkanes) is 1. The van der Waals surface area contributed by atoms with Crippen molar-refractivity contribution in [2.24, 2.45) is 0 Å². The molecule has 0 amide bonds. The van der Waals surface area contributed by atoms with Crippen LogP contribution >= 0.6 is 0 Å². The molecule has 0 aliphatic heterocycles. The molecule has 0 bridgehead atoms. The number of aryl methyl sites for hydroxylation is 1. The normalized spacial score (nSPS) is 11.6. The zero-order valence-corrected chi connectivity index (χ0v) is 12.8. The van der Waals surface area contributed by atoms with E-state index in [-0.39, 0.29) is 0 Å². The summed E-state index contributed by atoms with van der Waals surface area (Å²) in [4.78, 5) is 0. The average Bonchev–Trinajstić information content (AvgIpc) is 2.52. The molecule has 1 N–H and O–H groups in total. The lowest BCUT2D eigenvalue weighted by atomic mass is 9.98. The fourth-order valence-electron chi connectivity index (χ4n) is 2.23. The number of aliphatic hydroxyl groups is 1. The van der Waals surface area contributed by atoms with Gasteiger partial charge in [0.15, 0.2) is 0 Å². The van der Waals surface area contributed by atoms with E-state index in [2.05, 4.69) is 37.8 Å². The molecule has 0 saturated heterocycles.